The van der Waals surface area contributed by atoms with Gasteiger partial charge in [0.2, 0.25) is 0 Å². The fourth-order valence-corrected chi connectivity index (χ4v) is 4.46. The SMILES string of the molecule is CSc1ncccc1C(=O)N1CCC(CNC(=O)c2ccccc2Oc2ccccc2)CC1. The van der Waals surface area contributed by atoms with Crippen molar-refractivity contribution in [3.05, 3.63) is 84.1 Å². The Morgan fingerprint density at radius 2 is 1.70 bits per heavy atom. The lowest BCUT2D eigenvalue weighted by Crippen LogP contribution is -2.41. The number of amides is 2. The van der Waals surface area contributed by atoms with Crippen molar-refractivity contribution < 1.29 is 14.3 Å². The summed E-state index contributed by atoms with van der Waals surface area (Å²) in [5, 5.41) is 3.81. The highest BCUT2D eigenvalue weighted by atomic mass is 32.2. The zero-order valence-corrected chi connectivity index (χ0v) is 19.4. The number of ether oxygens (including phenoxy) is 1. The Morgan fingerprint density at radius 1 is 1.00 bits per heavy atom. The molecule has 1 saturated heterocycles. The van der Waals surface area contributed by atoms with E-state index in [9.17, 15) is 9.59 Å². The van der Waals surface area contributed by atoms with Gasteiger partial charge in [0, 0.05) is 25.8 Å². The smallest absolute Gasteiger partial charge is 0.256 e. The van der Waals surface area contributed by atoms with E-state index < -0.39 is 0 Å². The monoisotopic (exact) mass is 461 g/mol. The van der Waals surface area contributed by atoms with Gasteiger partial charge in [0.15, 0.2) is 0 Å². The highest BCUT2D eigenvalue weighted by Gasteiger charge is 2.26. The third-order valence-corrected chi connectivity index (χ3v) is 6.46. The number of pyridine rings is 1. The summed E-state index contributed by atoms with van der Waals surface area (Å²) >= 11 is 1.48. The second-order valence-corrected chi connectivity index (χ2v) is 8.71. The number of piperidine rings is 1. The molecule has 3 aromatic rings. The fraction of sp³-hybridized carbons (Fsp3) is 0.269. The molecule has 1 aliphatic rings. The minimum Gasteiger partial charge on any atom is -0.457 e. The van der Waals surface area contributed by atoms with Crippen molar-refractivity contribution >= 4 is 23.6 Å². The van der Waals surface area contributed by atoms with E-state index in [1.165, 1.54) is 11.8 Å². The zero-order valence-electron chi connectivity index (χ0n) is 18.6. The highest BCUT2D eigenvalue weighted by molar-refractivity contribution is 7.98. The molecule has 0 spiro atoms. The molecule has 6 nitrogen and oxygen atoms in total. The first-order chi connectivity index (χ1) is 16.2. The van der Waals surface area contributed by atoms with E-state index in [1.807, 2.05) is 59.7 Å². The Balaban J connectivity index is 1.31. The standard InChI is InChI=1S/C26H27N3O3S/c1-33-25-22(11-7-15-27-25)26(31)29-16-13-19(14-17-29)18-28-24(30)21-10-5-6-12-23(21)32-20-8-3-2-4-9-20/h2-12,15,19H,13-14,16-18H2,1H3,(H,28,30). The van der Waals surface area contributed by atoms with Crippen LogP contribution in [0, 0.1) is 5.92 Å². The van der Waals surface area contributed by atoms with Crippen molar-refractivity contribution in [1.82, 2.24) is 15.2 Å². The molecule has 0 bridgehead atoms. The first-order valence-electron chi connectivity index (χ1n) is 11.0. The van der Waals surface area contributed by atoms with Crippen LogP contribution in [0.25, 0.3) is 0 Å². The predicted octanol–water partition coefficient (Wildman–Crippen LogP) is 4.88. The summed E-state index contributed by atoms with van der Waals surface area (Å²) in [6.45, 7) is 1.93. The van der Waals surface area contributed by atoms with Gasteiger partial charge in [0.1, 0.15) is 16.5 Å². The summed E-state index contributed by atoms with van der Waals surface area (Å²) in [6.07, 6.45) is 5.34. The quantitative estimate of drug-likeness (QED) is 0.508. The Kier molecular flexibility index (Phi) is 7.62. The second-order valence-electron chi connectivity index (χ2n) is 7.92. The fourth-order valence-electron chi connectivity index (χ4n) is 3.92. The molecule has 1 aliphatic heterocycles. The Hall–Kier alpha value is -3.32. The first kappa shape index (κ1) is 22.9. The van der Waals surface area contributed by atoms with Crippen LogP contribution in [0.1, 0.15) is 33.6 Å². The molecule has 0 atom stereocenters. The lowest BCUT2D eigenvalue weighted by Gasteiger charge is -2.32. The lowest BCUT2D eigenvalue weighted by molar-refractivity contribution is 0.0680. The summed E-state index contributed by atoms with van der Waals surface area (Å²) in [4.78, 5) is 32.0. The molecule has 0 aliphatic carbocycles. The number of carbonyl (C=O) groups is 2. The number of nitrogens with one attached hydrogen (secondary N) is 1. The van der Waals surface area contributed by atoms with Crippen LogP contribution in [0.3, 0.4) is 0 Å². The largest absolute Gasteiger partial charge is 0.457 e. The lowest BCUT2D eigenvalue weighted by atomic mass is 9.96. The summed E-state index contributed by atoms with van der Waals surface area (Å²) < 4.78 is 5.91. The molecule has 1 aromatic heterocycles. The molecule has 2 heterocycles. The number of thioether (sulfide) groups is 1. The number of hydrogen-bond acceptors (Lipinski definition) is 5. The van der Waals surface area contributed by atoms with Gasteiger partial charge < -0.3 is 15.0 Å². The molecular weight excluding hydrogens is 434 g/mol. The molecule has 0 radical (unpaired) electrons. The average Bonchev–Trinajstić information content (AvgIpc) is 2.88. The van der Waals surface area contributed by atoms with Crippen molar-refractivity contribution in [1.29, 1.82) is 0 Å². The maximum atomic E-state index is 12.9. The van der Waals surface area contributed by atoms with Gasteiger partial charge in [-0.15, -0.1) is 11.8 Å². The second kappa shape index (κ2) is 11.0. The summed E-state index contributed by atoms with van der Waals surface area (Å²) in [5.74, 6) is 1.42. The average molecular weight is 462 g/mol. The van der Waals surface area contributed by atoms with Gasteiger partial charge in [0.25, 0.3) is 11.8 Å². The van der Waals surface area contributed by atoms with Crippen LogP contribution in [-0.2, 0) is 0 Å². The summed E-state index contributed by atoms with van der Waals surface area (Å²) in [5.41, 5.74) is 1.17. The van der Waals surface area contributed by atoms with Crippen molar-refractivity contribution in [2.24, 2.45) is 5.92 Å². The molecule has 2 amide bonds. The van der Waals surface area contributed by atoms with Crippen molar-refractivity contribution in [3.63, 3.8) is 0 Å². The van der Waals surface area contributed by atoms with Crippen LogP contribution in [0.2, 0.25) is 0 Å². The van der Waals surface area contributed by atoms with Gasteiger partial charge in [-0.3, -0.25) is 9.59 Å². The van der Waals surface area contributed by atoms with Gasteiger partial charge in [-0.05, 0) is 61.4 Å². The maximum Gasteiger partial charge on any atom is 0.256 e. The van der Waals surface area contributed by atoms with Gasteiger partial charge in [0.05, 0.1) is 11.1 Å². The number of hydrogen-bond donors (Lipinski definition) is 1. The zero-order chi connectivity index (χ0) is 23.0. The molecule has 7 heteroatoms. The van der Waals surface area contributed by atoms with E-state index in [0.717, 1.165) is 17.9 Å². The normalized spacial score (nSPS) is 14.0. The number of likely N-dealkylation sites (tertiary alicyclic amines) is 1. The minimum absolute atomic E-state index is 0.0296. The van der Waals surface area contributed by atoms with E-state index in [1.54, 1.807) is 24.4 Å². The number of rotatable bonds is 7. The summed E-state index contributed by atoms with van der Waals surface area (Å²) in [7, 11) is 0. The third-order valence-electron chi connectivity index (χ3n) is 5.75. The number of carbonyl (C=O) groups excluding carboxylic acids is 2. The molecule has 1 N–H and O–H groups in total. The Morgan fingerprint density at radius 3 is 2.45 bits per heavy atom. The molecule has 170 valence electrons. The Bertz CT molecular complexity index is 1100. The molecule has 33 heavy (non-hydrogen) atoms. The maximum absolute atomic E-state index is 12.9. The molecular formula is C26H27N3O3S. The van der Waals surface area contributed by atoms with Gasteiger partial charge in [-0.25, -0.2) is 4.98 Å². The minimum atomic E-state index is -0.153. The van der Waals surface area contributed by atoms with E-state index in [-0.39, 0.29) is 11.8 Å². The van der Waals surface area contributed by atoms with Crippen LogP contribution in [-0.4, -0.2) is 47.6 Å². The molecule has 0 saturated carbocycles. The number of aromatic nitrogens is 1. The van der Waals surface area contributed by atoms with Gasteiger partial charge in [-0.2, -0.15) is 0 Å². The van der Waals surface area contributed by atoms with Gasteiger partial charge >= 0.3 is 0 Å². The number of nitrogens with zero attached hydrogens (tertiary/aromatic N) is 2. The van der Waals surface area contributed by atoms with Crippen molar-refractivity contribution in [2.75, 3.05) is 25.9 Å². The van der Waals surface area contributed by atoms with E-state index >= 15 is 0 Å². The predicted molar refractivity (Wildman–Crippen MR) is 130 cm³/mol. The first-order valence-corrected chi connectivity index (χ1v) is 12.3. The Labute approximate surface area is 198 Å². The van der Waals surface area contributed by atoms with E-state index in [0.29, 0.717) is 48.2 Å². The van der Waals surface area contributed by atoms with E-state index in [4.69, 9.17) is 4.74 Å². The van der Waals surface area contributed by atoms with Crippen LogP contribution in [0.15, 0.2) is 78.0 Å². The van der Waals surface area contributed by atoms with Gasteiger partial charge in [-0.1, -0.05) is 30.3 Å². The van der Waals surface area contributed by atoms with Crippen LogP contribution >= 0.6 is 11.8 Å². The van der Waals surface area contributed by atoms with Crippen LogP contribution in [0.4, 0.5) is 0 Å². The van der Waals surface area contributed by atoms with E-state index in [2.05, 4.69) is 10.3 Å². The van der Waals surface area contributed by atoms with Crippen molar-refractivity contribution in [3.8, 4) is 11.5 Å². The summed E-state index contributed by atoms with van der Waals surface area (Å²) in [6, 6.07) is 20.3. The number of para-hydroxylation sites is 2. The highest BCUT2D eigenvalue weighted by Crippen LogP contribution is 2.26. The molecule has 0 unspecified atom stereocenters. The third kappa shape index (κ3) is 5.73. The molecule has 4 rings (SSSR count). The molecule has 2 aromatic carbocycles. The van der Waals surface area contributed by atoms with Crippen LogP contribution in [0.5, 0.6) is 11.5 Å². The topological polar surface area (TPSA) is 71.5 Å². The molecule has 1 fully saturated rings. The number of benzene rings is 2. The van der Waals surface area contributed by atoms with Crippen molar-refractivity contribution in [2.45, 2.75) is 17.9 Å². The van der Waals surface area contributed by atoms with Crippen LogP contribution < -0.4 is 10.1 Å².